The van der Waals surface area contributed by atoms with Crippen molar-refractivity contribution in [2.24, 2.45) is 5.92 Å². The van der Waals surface area contributed by atoms with Crippen LogP contribution >= 0.6 is 15.9 Å². The van der Waals surface area contributed by atoms with Crippen LogP contribution in [0.15, 0.2) is 21.2 Å². The third-order valence-electron chi connectivity index (χ3n) is 4.32. The molecule has 1 aromatic heterocycles. The lowest BCUT2D eigenvalue weighted by atomic mass is 10.0. The maximum atomic E-state index is 5.51. The SMILES string of the molecule is Brc1ccc(CNC2CCN(C[C@H]3CCOC3)CC2)o1. The van der Waals surface area contributed by atoms with Crippen molar-refractivity contribution in [3.63, 3.8) is 0 Å². The number of piperidine rings is 1. The van der Waals surface area contributed by atoms with Crippen LogP contribution in [-0.4, -0.2) is 43.8 Å². The monoisotopic (exact) mass is 342 g/mol. The summed E-state index contributed by atoms with van der Waals surface area (Å²) >= 11 is 3.34. The number of nitrogens with one attached hydrogen (secondary N) is 1. The van der Waals surface area contributed by atoms with Gasteiger partial charge in [0, 0.05) is 19.2 Å². The van der Waals surface area contributed by atoms with Gasteiger partial charge in [0.25, 0.3) is 0 Å². The smallest absolute Gasteiger partial charge is 0.169 e. The minimum atomic E-state index is 0.620. The molecule has 0 aliphatic carbocycles. The number of hydrogen-bond acceptors (Lipinski definition) is 4. The Hall–Kier alpha value is -0.360. The van der Waals surface area contributed by atoms with Crippen molar-refractivity contribution in [2.45, 2.75) is 31.8 Å². The Morgan fingerprint density at radius 2 is 2.10 bits per heavy atom. The van der Waals surface area contributed by atoms with Gasteiger partial charge in [0.05, 0.1) is 13.2 Å². The Morgan fingerprint density at radius 1 is 1.25 bits per heavy atom. The van der Waals surface area contributed by atoms with Gasteiger partial charge in [-0.2, -0.15) is 0 Å². The molecule has 1 aromatic rings. The number of hydrogen-bond donors (Lipinski definition) is 1. The van der Waals surface area contributed by atoms with Crippen LogP contribution in [0.4, 0.5) is 0 Å². The summed E-state index contributed by atoms with van der Waals surface area (Å²) in [5.41, 5.74) is 0. The Kier molecular flexibility index (Phi) is 5.15. The number of halogens is 1. The first-order chi connectivity index (χ1) is 9.79. The summed E-state index contributed by atoms with van der Waals surface area (Å²) in [5, 5.41) is 3.60. The maximum Gasteiger partial charge on any atom is 0.169 e. The Morgan fingerprint density at radius 3 is 2.75 bits per heavy atom. The molecule has 20 heavy (non-hydrogen) atoms. The first-order valence-electron chi connectivity index (χ1n) is 7.57. The molecule has 2 aliphatic rings. The molecule has 0 amide bonds. The van der Waals surface area contributed by atoms with E-state index in [0.717, 1.165) is 36.1 Å². The fourth-order valence-corrected chi connectivity index (χ4v) is 3.44. The molecule has 3 heterocycles. The summed E-state index contributed by atoms with van der Waals surface area (Å²) < 4.78 is 11.8. The average molecular weight is 343 g/mol. The highest BCUT2D eigenvalue weighted by molar-refractivity contribution is 9.10. The van der Waals surface area contributed by atoms with Crippen LogP contribution in [0.2, 0.25) is 0 Å². The molecule has 0 spiro atoms. The van der Waals surface area contributed by atoms with E-state index in [2.05, 4.69) is 26.1 Å². The van der Waals surface area contributed by atoms with Crippen molar-refractivity contribution in [1.29, 1.82) is 0 Å². The lowest BCUT2D eigenvalue weighted by Crippen LogP contribution is -2.43. The number of ether oxygens (including phenoxy) is 1. The molecular weight excluding hydrogens is 320 g/mol. The van der Waals surface area contributed by atoms with Crippen LogP contribution in [0.1, 0.15) is 25.0 Å². The summed E-state index contributed by atoms with van der Waals surface area (Å²) in [4.78, 5) is 2.60. The van der Waals surface area contributed by atoms with Crippen molar-refractivity contribution < 1.29 is 9.15 Å². The third-order valence-corrected chi connectivity index (χ3v) is 4.75. The van der Waals surface area contributed by atoms with Crippen LogP contribution in [0.3, 0.4) is 0 Å². The van der Waals surface area contributed by atoms with Gasteiger partial charge >= 0.3 is 0 Å². The van der Waals surface area contributed by atoms with Crippen molar-refractivity contribution in [3.8, 4) is 0 Å². The zero-order valence-electron chi connectivity index (χ0n) is 11.8. The average Bonchev–Trinajstić information content (AvgIpc) is 3.10. The number of furan rings is 1. The molecule has 0 bridgehead atoms. The standard InChI is InChI=1S/C15H23BrN2O2/c16-15-2-1-14(20-15)9-17-13-3-6-18(7-4-13)10-12-5-8-19-11-12/h1-2,12-13,17H,3-11H2/t12-/m1/s1. The molecule has 2 saturated heterocycles. The van der Waals surface area contributed by atoms with Gasteiger partial charge in [-0.15, -0.1) is 0 Å². The lowest BCUT2D eigenvalue weighted by Gasteiger charge is -2.33. The van der Waals surface area contributed by atoms with E-state index >= 15 is 0 Å². The van der Waals surface area contributed by atoms with Gasteiger partial charge in [-0.05, 0) is 66.3 Å². The third kappa shape index (κ3) is 4.07. The Labute approximate surface area is 129 Å². The molecule has 0 aromatic carbocycles. The molecule has 112 valence electrons. The fraction of sp³-hybridized carbons (Fsp3) is 0.733. The highest BCUT2D eigenvalue weighted by Gasteiger charge is 2.23. The minimum absolute atomic E-state index is 0.620. The van der Waals surface area contributed by atoms with E-state index < -0.39 is 0 Å². The Balaban J connectivity index is 1.35. The second-order valence-corrected chi connectivity index (χ2v) is 6.67. The number of likely N-dealkylation sites (tertiary alicyclic amines) is 1. The predicted molar refractivity (Wildman–Crippen MR) is 81.6 cm³/mol. The van der Waals surface area contributed by atoms with Crippen molar-refractivity contribution in [1.82, 2.24) is 10.2 Å². The second-order valence-electron chi connectivity index (χ2n) is 5.89. The van der Waals surface area contributed by atoms with E-state index in [9.17, 15) is 0 Å². The van der Waals surface area contributed by atoms with Crippen molar-refractivity contribution in [2.75, 3.05) is 32.8 Å². The summed E-state index contributed by atoms with van der Waals surface area (Å²) in [6.07, 6.45) is 3.70. The molecule has 0 unspecified atom stereocenters. The first-order valence-corrected chi connectivity index (χ1v) is 8.36. The molecule has 1 N–H and O–H groups in total. The van der Waals surface area contributed by atoms with E-state index in [-0.39, 0.29) is 0 Å². The van der Waals surface area contributed by atoms with Crippen LogP contribution in [-0.2, 0) is 11.3 Å². The summed E-state index contributed by atoms with van der Waals surface area (Å²) in [5.74, 6) is 1.77. The van der Waals surface area contributed by atoms with E-state index in [4.69, 9.17) is 9.15 Å². The molecule has 2 fully saturated rings. The highest BCUT2D eigenvalue weighted by atomic mass is 79.9. The van der Waals surface area contributed by atoms with Gasteiger partial charge in [-0.3, -0.25) is 0 Å². The molecule has 0 saturated carbocycles. The van der Waals surface area contributed by atoms with Gasteiger partial charge in [0.15, 0.2) is 4.67 Å². The lowest BCUT2D eigenvalue weighted by molar-refractivity contribution is 0.147. The topological polar surface area (TPSA) is 37.6 Å². The molecular formula is C15H23BrN2O2. The van der Waals surface area contributed by atoms with E-state index in [0.29, 0.717) is 6.04 Å². The van der Waals surface area contributed by atoms with Gasteiger partial charge in [-0.25, -0.2) is 0 Å². The maximum absolute atomic E-state index is 5.51. The van der Waals surface area contributed by atoms with Crippen LogP contribution in [0, 0.1) is 5.92 Å². The van der Waals surface area contributed by atoms with E-state index in [1.54, 1.807) is 0 Å². The first kappa shape index (κ1) is 14.6. The summed E-state index contributed by atoms with van der Waals surface area (Å²) in [7, 11) is 0. The second kappa shape index (κ2) is 7.07. The molecule has 0 radical (unpaired) electrons. The predicted octanol–water partition coefficient (Wildman–Crippen LogP) is 2.63. The van der Waals surface area contributed by atoms with Crippen LogP contribution in [0.25, 0.3) is 0 Å². The normalized spacial score (nSPS) is 25.4. The van der Waals surface area contributed by atoms with Gasteiger partial charge in [0.1, 0.15) is 5.76 Å². The highest BCUT2D eigenvalue weighted by Crippen LogP contribution is 2.18. The van der Waals surface area contributed by atoms with Crippen molar-refractivity contribution in [3.05, 3.63) is 22.6 Å². The van der Waals surface area contributed by atoms with Gasteiger partial charge < -0.3 is 19.4 Å². The molecule has 2 aliphatic heterocycles. The van der Waals surface area contributed by atoms with E-state index in [1.165, 1.54) is 38.9 Å². The number of rotatable bonds is 5. The van der Waals surface area contributed by atoms with E-state index in [1.807, 2.05) is 12.1 Å². The van der Waals surface area contributed by atoms with Gasteiger partial charge in [-0.1, -0.05) is 0 Å². The van der Waals surface area contributed by atoms with Gasteiger partial charge in [0.2, 0.25) is 0 Å². The summed E-state index contributed by atoms with van der Waals surface area (Å²) in [6, 6.07) is 4.59. The largest absolute Gasteiger partial charge is 0.453 e. The molecule has 4 nitrogen and oxygen atoms in total. The Bertz CT molecular complexity index is 410. The zero-order valence-corrected chi connectivity index (χ0v) is 13.4. The van der Waals surface area contributed by atoms with Crippen LogP contribution in [0.5, 0.6) is 0 Å². The van der Waals surface area contributed by atoms with Crippen molar-refractivity contribution >= 4 is 15.9 Å². The zero-order chi connectivity index (χ0) is 13.8. The minimum Gasteiger partial charge on any atom is -0.453 e. The quantitative estimate of drug-likeness (QED) is 0.892. The molecule has 5 heteroatoms. The fourth-order valence-electron chi connectivity index (χ4n) is 3.10. The van der Waals surface area contributed by atoms with Crippen LogP contribution < -0.4 is 5.32 Å². The molecule has 3 rings (SSSR count). The molecule has 1 atom stereocenters. The number of nitrogens with zero attached hydrogens (tertiary/aromatic N) is 1. The summed E-state index contributed by atoms with van der Waals surface area (Å²) in [6.45, 7) is 6.38.